The van der Waals surface area contributed by atoms with Gasteiger partial charge in [-0.1, -0.05) is 0 Å². The first-order valence-corrected chi connectivity index (χ1v) is 4.80. The lowest BCUT2D eigenvalue weighted by molar-refractivity contribution is -0.0758. The smallest absolute Gasteiger partial charge is 0.119 e. The molecule has 13 heavy (non-hydrogen) atoms. The number of nitrogens with zero attached hydrogens (tertiary/aromatic N) is 4. The van der Waals surface area contributed by atoms with Crippen LogP contribution in [0.2, 0.25) is 0 Å². The minimum Gasteiger partial charge on any atom is -0.317 e. The third kappa shape index (κ3) is 1.01. The molecule has 0 radical (unpaired) electrons. The van der Waals surface area contributed by atoms with Gasteiger partial charge in [-0.2, -0.15) is 0 Å². The van der Waals surface area contributed by atoms with Crippen LogP contribution in [0.1, 0.15) is 18.9 Å². The third-order valence-corrected chi connectivity index (χ3v) is 3.41. The summed E-state index contributed by atoms with van der Waals surface area (Å²) in [7, 11) is 2.19. The van der Waals surface area contributed by atoms with Crippen molar-refractivity contribution in [2.24, 2.45) is 5.41 Å². The van der Waals surface area contributed by atoms with Crippen molar-refractivity contribution < 1.29 is 0 Å². The Morgan fingerprint density at radius 2 is 1.85 bits per heavy atom. The fraction of sp³-hybridized carbons (Fsp3) is 0.778. The van der Waals surface area contributed by atoms with Crippen LogP contribution in [0.15, 0.2) is 12.7 Å². The Morgan fingerprint density at radius 3 is 2.38 bits per heavy atom. The van der Waals surface area contributed by atoms with Crippen LogP contribution in [0, 0.1) is 5.41 Å². The molecule has 4 heteroatoms. The largest absolute Gasteiger partial charge is 0.317 e. The summed E-state index contributed by atoms with van der Waals surface area (Å²) in [5, 5.41) is 7.67. The standard InChI is InChI=1S/C9H14N4/c1-12-4-9(5-12)2-8(3-9)13-6-10-11-7-13/h6-8H,2-5H2,1H3. The molecule has 1 saturated heterocycles. The number of aromatic nitrogens is 3. The van der Waals surface area contributed by atoms with Crippen molar-refractivity contribution in [3.8, 4) is 0 Å². The van der Waals surface area contributed by atoms with Gasteiger partial charge in [0.05, 0.1) is 0 Å². The van der Waals surface area contributed by atoms with E-state index in [1.165, 1.54) is 25.9 Å². The van der Waals surface area contributed by atoms with Gasteiger partial charge in [-0.05, 0) is 25.3 Å². The SMILES string of the molecule is CN1CC2(CC(n3cnnc3)C2)C1. The van der Waals surface area contributed by atoms with E-state index in [4.69, 9.17) is 0 Å². The molecule has 2 fully saturated rings. The highest BCUT2D eigenvalue weighted by Gasteiger charge is 2.51. The van der Waals surface area contributed by atoms with Crippen LogP contribution in [-0.4, -0.2) is 39.8 Å². The first kappa shape index (κ1) is 7.50. The maximum absolute atomic E-state index is 3.83. The summed E-state index contributed by atoms with van der Waals surface area (Å²) in [5.74, 6) is 0. The van der Waals surface area contributed by atoms with Gasteiger partial charge in [-0.3, -0.25) is 0 Å². The van der Waals surface area contributed by atoms with Crippen LogP contribution in [0.4, 0.5) is 0 Å². The van der Waals surface area contributed by atoms with Crippen LogP contribution in [-0.2, 0) is 0 Å². The molecule has 2 heterocycles. The molecule has 0 amide bonds. The molecule has 0 N–H and O–H groups in total. The van der Waals surface area contributed by atoms with Crippen molar-refractivity contribution in [2.45, 2.75) is 18.9 Å². The predicted octanol–water partition coefficient (Wildman–Crippen LogP) is 0.545. The van der Waals surface area contributed by atoms with Gasteiger partial charge < -0.3 is 9.47 Å². The average Bonchev–Trinajstić information content (AvgIpc) is 2.45. The molecule has 70 valence electrons. The molecule has 2 aliphatic rings. The summed E-state index contributed by atoms with van der Waals surface area (Å²) in [6.45, 7) is 2.57. The monoisotopic (exact) mass is 178 g/mol. The molecule has 1 saturated carbocycles. The highest BCUT2D eigenvalue weighted by molar-refractivity contribution is 5.05. The topological polar surface area (TPSA) is 34.0 Å². The van der Waals surface area contributed by atoms with E-state index < -0.39 is 0 Å². The predicted molar refractivity (Wildman–Crippen MR) is 48.2 cm³/mol. The highest BCUT2D eigenvalue weighted by atomic mass is 15.3. The zero-order valence-corrected chi connectivity index (χ0v) is 7.85. The minimum atomic E-state index is 0.656. The first-order chi connectivity index (χ1) is 6.27. The number of rotatable bonds is 1. The van der Waals surface area contributed by atoms with Crippen LogP contribution in [0.3, 0.4) is 0 Å². The normalized spacial score (nSPS) is 27.2. The molecule has 3 rings (SSSR count). The molecule has 1 aromatic rings. The van der Waals surface area contributed by atoms with Crippen LogP contribution >= 0.6 is 0 Å². The second-order valence-electron chi connectivity index (χ2n) is 4.64. The van der Waals surface area contributed by atoms with Gasteiger partial charge >= 0.3 is 0 Å². The van der Waals surface area contributed by atoms with E-state index in [0.29, 0.717) is 11.5 Å². The van der Waals surface area contributed by atoms with Crippen molar-refractivity contribution in [2.75, 3.05) is 20.1 Å². The molecule has 1 spiro atoms. The maximum Gasteiger partial charge on any atom is 0.119 e. The van der Waals surface area contributed by atoms with Gasteiger partial charge in [-0.25, -0.2) is 0 Å². The zero-order valence-electron chi connectivity index (χ0n) is 7.85. The second-order valence-corrected chi connectivity index (χ2v) is 4.64. The lowest BCUT2D eigenvalue weighted by Gasteiger charge is -2.58. The van der Waals surface area contributed by atoms with E-state index in [0.717, 1.165) is 0 Å². The quantitative estimate of drug-likeness (QED) is 0.629. The molecule has 1 aromatic heterocycles. The lowest BCUT2D eigenvalue weighted by Crippen LogP contribution is -2.60. The van der Waals surface area contributed by atoms with Gasteiger partial charge in [0.15, 0.2) is 0 Å². The van der Waals surface area contributed by atoms with E-state index in [-0.39, 0.29) is 0 Å². The van der Waals surface area contributed by atoms with Gasteiger partial charge in [0.1, 0.15) is 12.7 Å². The molecular formula is C9H14N4. The van der Waals surface area contributed by atoms with Gasteiger partial charge in [0, 0.05) is 19.1 Å². The van der Waals surface area contributed by atoms with Crippen molar-refractivity contribution in [1.82, 2.24) is 19.7 Å². The van der Waals surface area contributed by atoms with E-state index in [1.54, 1.807) is 0 Å². The number of hydrogen-bond acceptors (Lipinski definition) is 3. The Morgan fingerprint density at radius 1 is 1.23 bits per heavy atom. The second kappa shape index (κ2) is 2.32. The third-order valence-electron chi connectivity index (χ3n) is 3.41. The fourth-order valence-corrected chi connectivity index (χ4v) is 2.91. The van der Waals surface area contributed by atoms with E-state index in [9.17, 15) is 0 Å². The lowest BCUT2D eigenvalue weighted by atomic mass is 9.61. The van der Waals surface area contributed by atoms with Gasteiger partial charge in [-0.15, -0.1) is 10.2 Å². The van der Waals surface area contributed by atoms with E-state index >= 15 is 0 Å². The minimum absolute atomic E-state index is 0.656. The molecule has 0 aromatic carbocycles. The Kier molecular flexibility index (Phi) is 1.34. The van der Waals surface area contributed by atoms with Crippen molar-refractivity contribution in [1.29, 1.82) is 0 Å². The summed E-state index contributed by atoms with van der Waals surface area (Å²) in [5.41, 5.74) is 0.656. The molecule has 0 bridgehead atoms. The highest BCUT2D eigenvalue weighted by Crippen LogP contribution is 2.53. The molecule has 0 atom stereocenters. The Bertz CT molecular complexity index is 291. The Labute approximate surface area is 77.6 Å². The molecule has 1 aliphatic carbocycles. The molecular weight excluding hydrogens is 164 g/mol. The number of likely N-dealkylation sites (tertiary alicyclic amines) is 1. The Hall–Kier alpha value is -0.900. The molecule has 4 nitrogen and oxygen atoms in total. The fourth-order valence-electron chi connectivity index (χ4n) is 2.91. The van der Waals surface area contributed by atoms with Gasteiger partial charge in [0.2, 0.25) is 0 Å². The van der Waals surface area contributed by atoms with Crippen LogP contribution in [0.5, 0.6) is 0 Å². The van der Waals surface area contributed by atoms with Crippen LogP contribution in [0.25, 0.3) is 0 Å². The summed E-state index contributed by atoms with van der Waals surface area (Å²) >= 11 is 0. The molecule has 0 unspecified atom stereocenters. The van der Waals surface area contributed by atoms with Crippen molar-refractivity contribution >= 4 is 0 Å². The maximum atomic E-state index is 3.83. The summed E-state index contributed by atoms with van der Waals surface area (Å²) in [6.07, 6.45) is 6.30. The summed E-state index contributed by atoms with van der Waals surface area (Å²) in [6, 6.07) is 0.670. The summed E-state index contributed by atoms with van der Waals surface area (Å²) in [4.78, 5) is 2.39. The summed E-state index contributed by atoms with van der Waals surface area (Å²) < 4.78 is 2.14. The van der Waals surface area contributed by atoms with Crippen molar-refractivity contribution in [3.05, 3.63) is 12.7 Å². The Balaban J connectivity index is 1.64. The van der Waals surface area contributed by atoms with E-state index in [1.807, 2.05) is 12.7 Å². The van der Waals surface area contributed by atoms with Crippen molar-refractivity contribution in [3.63, 3.8) is 0 Å². The molecule has 1 aliphatic heterocycles. The number of hydrogen-bond donors (Lipinski definition) is 0. The van der Waals surface area contributed by atoms with Crippen LogP contribution < -0.4 is 0 Å². The zero-order chi connectivity index (χ0) is 8.89. The average molecular weight is 178 g/mol. The van der Waals surface area contributed by atoms with E-state index in [2.05, 4.69) is 26.7 Å². The first-order valence-electron chi connectivity index (χ1n) is 4.80. The van der Waals surface area contributed by atoms with Gasteiger partial charge in [0.25, 0.3) is 0 Å².